The summed E-state index contributed by atoms with van der Waals surface area (Å²) in [6.45, 7) is 2.31. The van der Waals surface area contributed by atoms with Gasteiger partial charge in [0.05, 0.1) is 5.70 Å². The van der Waals surface area contributed by atoms with E-state index in [2.05, 4.69) is 189 Å². The number of nitrogens with zero attached hydrogens (tertiary/aromatic N) is 1. The first kappa shape index (κ1) is 32.1. The third-order valence-electron chi connectivity index (χ3n) is 11.3. The summed E-state index contributed by atoms with van der Waals surface area (Å²) in [4.78, 5) is 5.76. The monoisotopic (exact) mass is 689 g/mol. The molecule has 1 nitrogen and oxygen atoms in total. The van der Waals surface area contributed by atoms with Crippen molar-refractivity contribution < 1.29 is 0 Å². The van der Waals surface area contributed by atoms with Crippen LogP contribution in [-0.2, 0) is 6.42 Å². The van der Waals surface area contributed by atoms with Crippen LogP contribution in [0.5, 0.6) is 0 Å². The predicted octanol–water partition coefficient (Wildman–Crippen LogP) is 14.0. The van der Waals surface area contributed by atoms with Gasteiger partial charge >= 0.3 is 0 Å². The summed E-state index contributed by atoms with van der Waals surface area (Å²) in [7, 11) is 0. The van der Waals surface area contributed by atoms with Gasteiger partial charge in [-0.1, -0.05) is 157 Å². The highest BCUT2D eigenvalue weighted by molar-refractivity contribution is 6.08. The first-order valence-corrected chi connectivity index (χ1v) is 19.0. The summed E-state index contributed by atoms with van der Waals surface area (Å²) in [5.74, 6) is 0. The van der Waals surface area contributed by atoms with Gasteiger partial charge in [0.1, 0.15) is 0 Å². The van der Waals surface area contributed by atoms with Gasteiger partial charge in [-0.25, -0.2) is 0 Å². The lowest BCUT2D eigenvalue weighted by molar-refractivity contribution is 1.01. The maximum atomic E-state index is 5.76. The molecule has 256 valence electrons. The van der Waals surface area contributed by atoms with Gasteiger partial charge in [-0.15, -0.1) is 0 Å². The number of rotatable bonds is 5. The van der Waals surface area contributed by atoms with Gasteiger partial charge in [-0.05, 0) is 139 Å². The van der Waals surface area contributed by atoms with Gasteiger partial charge in [0.25, 0.3) is 0 Å². The highest BCUT2D eigenvalue weighted by Gasteiger charge is 2.26. The van der Waals surface area contributed by atoms with Gasteiger partial charge in [0.2, 0.25) is 0 Å². The fourth-order valence-electron chi connectivity index (χ4n) is 8.49. The second kappa shape index (κ2) is 13.4. The lowest BCUT2D eigenvalue weighted by atomic mass is 9.88. The van der Waals surface area contributed by atoms with E-state index < -0.39 is 0 Å². The van der Waals surface area contributed by atoms with Crippen LogP contribution in [0.2, 0.25) is 0 Å². The van der Waals surface area contributed by atoms with Crippen LogP contribution < -0.4 is 0 Å². The van der Waals surface area contributed by atoms with E-state index in [1.807, 2.05) is 0 Å². The molecule has 0 unspecified atom stereocenters. The average molecular weight is 690 g/mol. The summed E-state index contributed by atoms with van der Waals surface area (Å²) < 4.78 is 0. The molecule has 8 aromatic rings. The normalized spacial score (nSPS) is 16.2. The molecule has 1 aliphatic carbocycles. The lowest BCUT2D eigenvalue weighted by Gasteiger charge is -2.20. The summed E-state index contributed by atoms with van der Waals surface area (Å²) >= 11 is 0. The Balaban J connectivity index is 1.20. The Kier molecular flexibility index (Phi) is 7.99. The number of benzene rings is 8. The first-order chi connectivity index (χ1) is 26.6. The summed E-state index contributed by atoms with van der Waals surface area (Å²) in [5, 5.41) is 4.98. The zero-order chi connectivity index (χ0) is 36.0. The minimum absolute atomic E-state index is 0.849. The van der Waals surface area contributed by atoms with Crippen LogP contribution in [0.4, 0.5) is 0 Å². The molecule has 1 aliphatic heterocycles. The second-order valence-electron chi connectivity index (χ2n) is 14.7. The molecule has 2 aliphatic rings. The SMILES string of the molecule is C/C1=C(c2ccc3ccccc3c2)\C=C(\c2cc(-c3ccccc3)cc3c2-c2ccccc2C3)N=C(c2ccc3ccc(-c4ccccc4)cc3c2)CC1. The van der Waals surface area contributed by atoms with Crippen molar-refractivity contribution in [3.63, 3.8) is 0 Å². The average Bonchev–Trinajstić information content (AvgIpc) is 3.61. The van der Waals surface area contributed by atoms with E-state index in [9.17, 15) is 0 Å². The van der Waals surface area contributed by atoms with Crippen LogP contribution in [0.15, 0.2) is 193 Å². The van der Waals surface area contributed by atoms with Crippen molar-refractivity contribution in [3.05, 3.63) is 215 Å². The molecule has 0 bridgehead atoms. The van der Waals surface area contributed by atoms with Crippen molar-refractivity contribution >= 4 is 38.5 Å². The van der Waals surface area contributed by atoms with Crippen LogP contribution in [0.1, 0.15) is 47.6 Å². The molecule has 0 saturated heterocycles. The van der Waals surface area contributed by atoms with E-state index in [1.54, 1.807) is 0 Å². The molecule has 0 fully saturated rings. The Morgan fingerprint density at radius 2 is 1.02 bits per heavy atom. The molecular weight excluding hydrogens is 651 g/mol. The Morgan fingerprint density at radius 3 is 1.81 bits per heavy atom. The minimum atomic E-state index is 0.849. The van der Waals surface area contributed by atoms with E-state index in [0.717, 1.165) is 30.7 Å². The molecule has 0 N–H and O–H groups in total. The summed E-state index contributed by atoms with van der Waals surface area (Å²) in [6.07, 6.45) is 5.08. The Hall–Kier alpha value is -6.57. The number of fused-ring (bicyclic) bond motifs is 5. The maximum absolute atomic E-state index is 5.76. The molecule has 10 rings (SSSR count). The smallest absolute Gasteiger partial charge is 0.0718 e. The summed E-state index contributed by atoms with van der Waals surface area (Å²) in [6, 6.07) is 64.4. The zero-order valence-corrected chi connectivity index (χ0v) is 30.4. The van der Waals surface area contributed by atoms with Gasteiger partial charge in [0, 0.05) is 11.3 Å². The van der Waals surface area contributed by atoms with Crippen molar-refractivity contribution in [1.29, 1.82) is 0 Å². The molecule has 8 aromatic carbocycles. The van der Waals surface area contributed by atoms with E-state index in [1.165, 1.54) is 93.9 Å². The number of aliphatic imine (C=N–C) groups is 1. The zero-order valence-electron chi connectivity index (χ0n) is 30.4. The highest BCUT2D eigenvalue weighted by atomic mass is 14.8. The van der Waals surface area contributed by atoms with Crippen molar-refractivity contribution in [2.24, 2.45) is 4.99 Å². The largest absolute Gasteiger partial charge is 0.252 e. The number of allylic oxidation sites excluding steroid dienone is 3. The Bertz CT molecular complexity index is 2830. The molecule has 1 heteroatoms. The first-order valence-electron chi connectivity index (χ1n) is 19.0. The molecule has 0 atom stereocenters. The third-order valence-corrected chi connectivity index (χ3v) is 11.3. The van der Waals surface area contributed by atoms with Crippen molar-refractivity contribution in [2.75, 3.05) is 0 Å². The predicted molar refractivity (Wildman–Crippen MR) is 230 cm³/mol. The topological polar surface area (TPSA) is 12.4 Å². The Labute approximate surface area is 317 Å². The van der Waals surface area contributed by atoms with Crippen LogP contribution >= 0.6 is 0 Å². The quantitative estimate of drug-likeness (QED) is 0.171. The summed E-state index contributed by atoms with van der Waals surface area (Å²) in [5.41, 5.74) is 18.6. The fourth-order valence-corrected chi connectivity index (χ4v) is 8.49. The third kappa shape index (κ3) is 5.89. The molecule has 0 aromatic heterocycles. The molecule has 0 spiro atoms. The minimum Gasteiger partial charge on any atom is -0.252 e. The van der Waals surface area contributed by atoms with Gasteiger partial charge < -0.3 is 0 Å². The molecular formula is C53H39N. The Morgan fingerprint density at radius 1 is 0.407 bits per heavy atom. The van der Waals surface area contributed by atoms with E-state index in [0.29, 0.717) is 0 Å². The standard InChI is InChI=1S/C53H39N/c1-35-20-27-51(44-26-23-39-21-24-41(29-45(39)31-44)36-12-4-2-5-13-36)54-52(34-49(35)43-25-22-38-16-8-9-17-40(38)28-43)50-33-46(37-14-6-3-7-15-37)32-47-30-42-18-10-11-19-48(42)53(47)50/h2-19,21-26,28-29,31-34H,20,27,30H2,1H3/b49-35-,52-34-,54-51?. The van der Waals surface area contributed by atoms with Crippen molar-refractivity contribution in [2.45, 2.75) is 26.2 Å². The highest BCUT2D eigenvalue weighted by Crippen LogP contribution is 2.45. The molecule has 1 heterocycles. The van der Waals surface area contributed by atoms with Crippen LogP contribution in [-0.4, -0.2) is 5.71 Å². The number of hydrogen-bond acceptors (Lipinski definition) is 1. The maximum Gasteiger partial charge on any atom is 0.0718 e. The molecule has 54 heavy (non-hydrogen) atoms. The van der Waals surface area contributed by atoms with Crippen molar-refractivity contribution in [1.82, 2.24) is 0 Å². The van der Waals surface area contributed by atoms with E-state index in [4.69, 9.17) is 4.99 Å². The van der Waals surface area contributed by atoms with Gasteiger partial charge in [0.15, 0.2) is 0 Å². The van der Waals surface area contributed by atoms with Crippen LogP contribution in [0.3, 0.4) is 0 Å². The molecule has 0 saturated carbocycles. The van der Waals surface area contributed by atoms with E-state index in [-0.39, 0.29) is 0 Å². The van der Waals surface area contributed by atoms with Gasteiger partial charge in [-0.3, -0.25) is 4.99 Å². The molecule has 0 amide bonds. The van der Waals surface area contributed by atoms with Gasteiger partial charge in [-0.2, -0.15) is 0 Å². The number of hydrogen-bond donors (Lipinski definition) is 0. The molecule has 0 radical (unpaired) electrons. The van der Waals surface area contributed by atoms with Crippen molar-refractivity contribution in [3.8, 4) is 33.4 Å². The fraction of sp³-hybridized carbons (Fsp3) is 0.0755. The lowest BCUT2D eigenvalue weighted by Crippen LogP contribution is -2.06. The second-order valence-corrected chi connectivity index (χ2v) is 14.7. The van der Waals surface area contributed by atoms with E-state index >= 15 is 0 Å². The van der Waals surface area contributed by atoms with Crippen LogP contribution in [0, 0.1) is 0 Å². The van der Waals surface area contributed by atoms with Crippen LogP contribution in [0.25, 0.3) is 66.2 Å².